The molecule has 0 radical (unpaired) electrons. The molecule has 0 aliphatic heterocycles. The second-order valence-corrected chi connectivity index (χ2v) is 4.22. The van der Waals surface area contributed by atoms with E-state index < -0.39 is 17.5 Å². The lowest BCUT2D eigenvalue weighted by atomic mass is 10.2. The number of hydrazine groups is 1. The molecule has 1 aromatic carbocycles. The van der Waals surface area contributed by atoms with Gasteiger partial charge in [-0.2, -0.15) is 0 Å². The molecule has 2 aromatic rings. The predicted octanol–water partition coefficient (Wildman–Crippen LogP) is 2.42. The Morgan fingerprint density at radius 2 is 1.85 bits per heavy atom. The van der Waals surface area contributed by atoms with Crippen molar-refractivity contribution in [2.75, 3.05) is 17.4 Å². The number of rotatable bonds is 4. The first-order chi connectivity index (χ1) is 9.52. The molecule has 20 heavy (non-hydrogen) atoms. The van der Waals surface area contributed by atoms with Crippen LogP contribution in [0.3, 0.4) is 0 Å². The highest BCUT2D eigenvalue weighted by Gasteiger charge is 2.15. The summed E-state index contributed by atoms with van der Waals surface area (Å²) >= 11 is 0. The zero-order valence-corrected chi connectivity index (χ0v) is 10.7. The fourth-order valence-corrected chi connectivity index (χ4v) is 1.78. The molecule has 0 fully saturated rings. The Bertz CT molecular complexity index is 619. The standard InChI is InChI=1S/C13H13F3N4/c1-20(7-8-4-2-3-5-9(8)14)13-11(16)6-10(15)12(18-13)19-17/h2-6H,7,17H2,1H3,(H,18,19). The third-order valence-corrected chi connectivity index (χ3v) is 2.77. The maximum Gasteiger partial charge on any atom is 0.178 e. The Balaban J connectivity index is 2.30. The van der Waals surface area contributed by atoms with Crippen molar-refractivity contribution < 1.29 is 13.2 Å². The summed E-state index contributed by atoms with van der Waals surface area (Å²) in [5, 5.41) is 0. The van der Waals surface area contributed by atoms with Crippen LogP contribution < -0.4 is 16.2 Å². The SMILES string of the molecule is CN(Cc1ccccc1F)c1nc(NN)c(F)cc1F. The van der Waals surface area contributed by atoms with Crippen molar-refractivity contribution in [2.45, 2.75) is 6.54 Å². The third-order valence-electron chi connectivity index (χ3n) is 2.77. The summed E-state index contributed by atoms with van der Waals surface area (Å²) in [6.07, 6.45) is 0. The first-order valence-electron chi connectivity index (χ1n) is 5.80. The van der Waals surface area contributed by atoms with Crippen molar-refractivity contribution >= 4 is 11.6 Å². The van der Waals surface area contributed by atoms with Crippen molar-refractivity contribution in [3.63, 3.8) is 0 Å². The lowest BCUT2D eigenvalue weighted by Crippen LogP contribution is -2.21. The van der Waals surface area contributed by atoms with Crippen LogP contribution in [0.5, 0.6) is 0 Å². The molecule has 0 saturated heterocycles. The first-order valence-corrected chi connectivity index (χ1v) is 5.80. The van der Waals surface area contributed by atoms with Crippen molar-refractivity contribution in [1.29, 1.82) is 0 Å². The Kier molecular flexibility index (Phi) is 4.09. The van der Waals surface area contributed by atoms with Crippen LogP contribution in [0.1, 0.15) is 5.56 Å². The maximum absolute atomic E-state index is 13.7. The summed E-state index contributed by atoms with van der Waals surface area (Å²) in [7, 11) is 1.52. The van der Waals surface area contributed by atoms with E-state index in [0.29, 0.717) is 11.6 Å². The van der Waals surface area contributed by atoms with Gasteiger partial charge in [0.2, 0.25) is 0 Å². The number of hydrogen-bond acceptors (Lipinski definition) is 4. The quantitative estimate of drug-likeness (QED) is 0.668. The molecule has 106 valence electrons. The fraction of sp³-hybridized carbons (Fsp3) is 0.154. The van der Waals surface area contributed by atoms with Crippen LogP contribution in [0.15, 0.2) is 30.3 Å². The number of nitrogens with zero attached hydrogens (tertiary/aromatic N) is 2. The molecular formula is C13H13F3N4. The van der Waals surface area contributed by atoms with Crippen LogP contribution in [0.25, 0.3) is 0 Å². The zero-order valence-electron chi connectivity index (χ0n) is 10.7. The van der Waals surface area contributed by atoms with Crippen LogP contribution >= 0.6 is 0 Å². The fourth-order valence-electron chi connectivity index (χ4n) is 1.78. The van der Waals surface area contributed by atoms with Gasteiger partial charge in [0.25, 0.3) is 0 Å². The number of nitrogens with one attached hydrogen (secondary N) is 1. The minimum atomic E-state index is -0.895. The van der Waals surface area contributed by atoms with Gasteiger partial charge >= 0.3 is 0 Å². The molecule has 1 heterocycles. The van der Waals surface area contributed by atoms with Gasteiger partial charge in [0, 0.05) is 25.2 Å². The second-order valence-electron chi connectivity index (χ2n) is 4.22. The predicted molar refractivity (Wildman–Crippen MR) is 70.5 cm³/mol. The molecule has 0 saturated carbocycles. The van der Waals surface area contributed by atoms with Crippen molar-refractivity contribution in [3.05, 3.63) is 53.3 Å². The van der Waals surface area contributed by atoms with E-state index in [-0.39, 0.29) is 18.2 Å². The van der Waals surface area contributed by atoms with Gasteiger partial charge in [-0.1, -0.05) is 18.2 Å². The van der Waals surface area contributed by atoms with Crippen molar-refractivity contribution in [2.24, 2.45) is 5.84 Å². The molecule has 2 rings (SSSR count). The van der Waals surface area contributed by atoms with Gasteiger partial charge in [0.05, 0.1) is 0 Å². The van der Waals surface area contributed by atoms with Gasteiger partial charge in [0.15, 0.2) is 23.3 Å². The molecule has 0 bridgehead atoms. The topological polar surface area (TPSA) is 54.2 Å². The molecule has 4 nitrogen and oxygen atoms in total. The number of halogens is 3. The number of nitrogen functional groups attached to an aromatic ring is 1. The van der Waals surface area contributed by atoms with E-state index in [1.165, 1.54) is 18.0 Å². The number of anilines is 2. The molecule has 1 aromatic heterocycles. The Morgan fingerprint density at radius 1 is 1.15 bits per heavy atom. The molecule has 0 aliphatic carbocycles. The van der Waals surface area contributed by atoms with Crippen LogP contribution in [0.4, 0.5) is 24.8 Å². The summed E-state index contributed by atoms with van der Waals surface area (Å²) in [6.45, 7) is 0.0895. The Morgan fingerprint density at radius 3 is 2.50 bits per heavy atom. The molecule has 0 aliphatic rings. The minimum Gasteiger partial charge on any atom is -0.353 e. The second kappa shape index (κ2) is 5.79. The number of nitrogens with two attached hydrogens (primary N) is 1. The van der Waals surface area contributed by atoms with E-state index >= 15 is 0 Å². The van der Waals surface area contributed by atoms with Gasteiger partial charge < -0.3 is 10.3 Å². The summed E-state index contributed by atoms with van der Waals surface area (Å²) in [5.41, 5.74) is 2.42. The van der Waals surface area contributed by atoms with Crippen molar-refractivity contribution in [1.82, 2.24) is 4.98 Å². The van der Waals surface area contributed by atoms with Gasteiger partial charge in [-0.15, -0.1) is 0 Å². The molecule has 7 heteroatoms. The smallest absolute Gasteiger partial charge is 0.178 e. The molecule has 0 unspecified atom stereocenters. The van der Waals surface area contributed by atoms with Crippen LogP contribution in [0, 0.1) is 17.5 Å². The maximum atomic E-state index is 13.7. The summed E-state index contributed by atoms with van der Waals surface area (Å²) < 4.78 is 40.5. The van der Waals surface area contributed by atoms with Gasteiger partial charge in [-0.3, -0.25) is 0 Å². The van der Waals surface area contributed by atoms with E-state index in [0.717, 1.165) is 0 Å². The van der Waals surface area contributed by atoms with Gasteiger partial charge in [-0.25, -0.2) is 24.0 Å². The van der Waals surface area contributed by atoms with Crippen molar-refractivity contribution in [3.8, 4) is 0 Å². The number of hydrogen-bond donors (Lipinski definition) is 2. The lowest BCUT2D eigenvalue weighted by molar-refractivity contribution is 0.569. The van der Waals surface area contributed by atoms with E-state index in [4.69, 9.17) is 5.84 Å². The highest BCUT2D eigenvalue weighted by molar-refractivity contribution is 5.48. The summed E-state index contributed by atoms with van der Waals surface area (Å²) in [5.74, 6) is 2.55. The van der Waals surface area contributed by atoms with E-state index in [9.17, 15) is 13.2 Å². The molecule has 0 atom stereocenters. The highest BCUT2D eigenvalue weighted by atomic mass is 19.1. The van der Waals surface area contributed by atoms with Crippen LogP contribution in [0.2, 0.25) is 0 Å². The molecular weight excluding hydrogens is 269 g/mol. The zero-order chi connectivity index (χ0) is 14.7. The van der Waals surface area contributed by atoms with Gasteiger partial charge in [0.1, 0.15) is 5.82 Å². The molecule has 0 spiro atoms. The molecule has 3 N–H and O–H groups in total. The number of pyridine rings is 1. The van der Waals surface area contributed by atoms with E-state index in [1.807, 2.05) is 5.43 Å². The Hall–Kier alpha value is -2.28. The largest absolute Gasteiger partial charge is 0.353 e. The van der Waals surface area contributed by atoms with Crippen LogP contribution in [-0.4, -0.2) is 12.0 Å². The van der Waals surface area contributed by atoms with Gasteiger partial charge in [-0.05, 0) is 6.07 Å². The summed E-state index contributed by atoms with van der Waals surface area (Å²) in [6, 6.07) is 6.80. The number of benzene rings is 1. The average molecular weight is 282 g/mol. The first kappa shape index (κ1) is 14.1. The minimum absolute atomic E-state index is 0.0895. The molecule has 0 amide bonds. The van der Waals surface area contributed by atoms with E-state index in [2.05, 4.69) is 4.98 Å². The number of aromatic nitrogens is 1. The highest BCUT2D eigenvalue weighted by Crippen LogP contribution is 2.22. The monoisotopic (exact) mass is 282 g/mol. The van der Waals surface area contributed by atoms with E-state index in [1.54, 1.807) is 18.2 Å². The average Bonchev–Trinajstić information content (AvgIpc) is 2.41. The third kappa shape index (κ3) is 2.83. The van der Waals surface area contributed by atoms with Crippen LogP contribution in [-0.2, 0) is 6.54 Å². The Labute approximate surface area is 114 Å². The normalized spacial score (nSPS) is 10.4. The lowest BCUT2D eigenvalue weighted by Gasteiger charge is -2.20. The summed E-state index contributed by atoms with van der Waals surface area (Å²) in [4.78, 5) is 5.10.